The molecule has 0 aromatic carbocycles. The average Bonchev–Trinajstić information content (AvgIpc) is 2.44. The first-order chi connectivity index (χ1) is 12.3. The van der Waals surface area contributed by atoms with Crippen LogP contribution in [0.5, 0.6) is 0 Å². The fourth-order valence-electron chi connectivity index (χ4n) is 1.02. The minimum atomic E-state index is -6.08. The normalized spacial score (nSPS) is 12.0. The van der Waals surface area contributed by atoms with Gasteiger partial charge in [0.05, 0.1) is 11.9 Å². The Morgan fingerprint density at radius 3 is 1.00 bits per heavy atom. The fourth-order valence-corrected chi connectivity index (χ4v) is 1.02. The summed E-state index contributed by atoms with van der Waals surface area (Å²) in [6.07, 6.45) is -7.99. The van der Waals surface area contributed by atoms with E-state index in [2.05, 4.69) is 0 Å². The van der Waals surface area contributed by atoms with Crippen LogP contribution in [0, 0.1) is 0 Å². The summed E-state index contributed by atoms with van der Waals surface area (Å²) in [6, 6.07) is 0. The van der Waals surface area contributed by atoms with Crippen molar-refractivity contribution >= 4 is 17.9 Å². The van der Waals surface area contributed by atoms with E-state index in [-0.39, 0.29) is 101 Å². The summed E-state index contributed by atoms with van der Waals surface area (Å²) in [5.74, 6) is -21.8. The second-order valence-corrected chi connectivity index (χ2v) is 4.62. The standard InChI is InChI=1S/C10H10F4O4.C3HF5O2.3Na/c11-9(12,5-1-3-7(15)16)10(13,14)6-2-4-8(17)18;4-2(5,1(9)10)3(6,7)8;;;/h1-4H,5-6H2,(H,15,16)(H,17,18);(H,9,10);;;/q;;3*+1/p-3. The number of hydrogen-bond acceptors (Lipinski definition) is 6. The molecule has 0 radical (unpaired) electrons. The van der Waals surface area contributed by atoms with Gasteiger partial charge in [-0.15, -0.1) is 0 Å². The quantitative estimate of drug-likeness (QED) is 0.186. The van der Waals surface area contributed by atoms with E-state index in [1.165, 1.54) is 0 Å². The predicted molar refractivity (Wildman–Crippen MR) is 63.4 cm³/mol. The summed E-state index contributed by atoms with van der Waals surface area (Å²) >= 11 is 0. The van der Waals surface area contributed by atoms with Crippen molar-refractivity contribution < 1.29 is 158 Å². The van der Waals surface area contributed by atoms with Crippen LogP contribution in [0.4, 0.5) is 39.5 Å². The van der Waals surface area contributed by atoms with Gasteiger partial charge < -0.3 is 29.7 Å². The molecule has 0 fully saturated rings. The Labute approximate surface area is 234 Å². The number of allylic oxidation sites excluding steroid dienone is 2. The van der Waals surface area contributed by atoms with E-state index < -0.39 is 54.7 Å². The SMILES string of the molecule is O=C([O-])C(F)(F)C(F)(F)F.O=C([O-])C=CCC(F)(F)C(F)(F)CC=CC(=O)[O-].[Na+].[Na+].[Na+]. The summed E-state index contributed by atoms with van der Waals surface area (Å²) in [5, 5.41) is 28.8. The van der Waals surface area contributed by atoms with Gasteiger partial charge in [-0.25, -0.2) is 0 Å². The van der Waals surface area contributed by atoms with Crippen LogP contribution in [0.2, 0.25) is 0 Å². The van der Waals surface area contributed by atoms with Gasteiger partial charge in [-0.1, -0.05) is 12.2 Å². The summed E-state index contributed by atoms with van der Waals surface area (Å²) in [7, 11) is 0. The van der Waals surface area contributed by atoms with Crippen LogP contribution < -0.4 is 104 Å². The molecule has 0 atom stereocenters. The molecule has 0 bridgehead atoms. The van der Waals surface area contributed by atoms with Crippen LogP contribution in [0.3, 0.4) is 0 Å². The van der Waals surface area contributed by atoms with Crippen LogP contribution in [0.25, 0.3) is 0 Å². The zero-order valence-electron chi connectivity index (χ0n) is 16.1. The molecule has 6 nitrogen and oxygen atoms in total. The molecule has 0 aromatic rings. The van der Waals surface area contributed by atoms with Gasteiger partial charge >= 0.3 is 113 Å². The summed E-state index contributed by atoms with van der Waals surface area (Å²) < 4.78 is 107. The van der Waals surface area contributed by atoms with E-state index in [9.17, 15) is 59.3 Å². The maximum absolute atomic E-state index is 13.0. The van der Waals surface area contributed by atoms with E-state index in [1.54, 1.807) is 0 Å². The molecule has 0 rings (SSSR count). The summed E-state index contributed by atoms with van der Waals surface area (Å²) in [4.78, 5) is 28.8. The van der Waals surface area contributed by atoms with Gasteiger partial charge in [0.25, 0.3) is 0 Å². The zero-order valence-corrected chi connectivity index (χ0v) is 22.1. The molecule has 0 aromatic heterocycles. The first kappa shape index (κ1) is 41.5. The minimum absolute atomic E-state index is 0. The first-order valence-corrected chi connectivity index (χ1v) is 6.44. The zero-order chi connectivity index (χ0) is 23.0. The Morgan fingerprint density at radius 1 is 0.613 bits per heavy atom. The van der Waals surface area contributed by atoms with Gasteiger partial charge in [-0.2, -0.15) is 39.5 Å². The molecular formula is C13H8F9Na3O6. The smallest absolute Gasteiger partial charge is 0.545 e. The van der Waals surface area contributed by atoms with Crippen molar-refractivity contribution in [2.45, 2.75) is 36.8 Å². The van der Waals surface area contributed by atoms with Crippen LogP contribution in [-0.2, 0) is 14.4 Å². The second kappa shape index (κ2) is 16.8. The maximum atomic E-state index is 13.0. The second-order valence-electron chi connectivity index (χ2n) is 4.62. The van der Waals surface area contributed by atoms with Crippen LogP contribution in [0.1, 0.15) is 12.8 Å². The van der Waals surface area contributed by atoms with E-state index in [4.69, 9.17) is 9.90 Å². The number of aliphatic carboxylic acids is 3. The van der Waals surface area contributed by atoms with E-state index in [0.29, 0.717) is 12.2 Å². The van der Waals surface area contributed by atoms with Crippen LogP contribution in [0.15, 0.2) is 24.3 Å². The molecule has 0 N–H and O–H groups in total. The Morgan fingerprint density at radius 2 is 0.871 bits per heavy atom. The average molecular weight is 500 g/mol. The van der Waals surface area contributed by atoms with Crippen LogP contribution >= 0.6 is 0 Å². The van der Waals surface area contributed by atoms with Crippen molar-refractivity contribution in [3.8, 4) is 0 Å². The third-order valence-corrected chi connectivity index (χ3v) is 2.40. The Hall–Kier alpha value is 0.260. The van der Waals surface area contributed by atoms with Crippen molar-refractivity contribution in [3.05, 3.63) is 24.3 Å². The van der Waals surface area contributed by atoms with Crippen LogP contribution in [-0.4, -0.2) is 41.9 Å². The number of carbonyl (C=O) groups excluding carboxylic acids is 3. The van der Waals surface area contributed by atoms with Crippen molar-refractivity contribution in [2.24, 2.45) is 0 Å². The van der Waals surface area contributed by atoms with Gasteiger partial charge in [0.1, 0.15) is 5.97 Å². The molecular weight excluding hydrogens is 492 g/mol. The van der Waals surface area contributed by atoms with Gasteiger partial charge in [0.2, 0.25) is 0 Å². The summed E-state index contributed by atoms with van der Waals surface area (Å²) in [6.45, 7) is 0. The molecule has 0 heterocycles. The third-order valence-electron chi connectivity index (χ3n) is 2.40. The molecule has 0 saturated carbocycles. The number of carbonyl (C=O) groups is 3. The number of alkyl halides is 9. The monoisotopic (exact) mass is 500 g/mol. The number of rotatable bonds is 8. The van der Waals surface area contributed by atoms with Crippen molar-refractivity contribution in [3.63, 3.8) is 0 Å². The summed E-state index contributed by atoms with van der Waals surface area (Å²) in [5.41, 5.74) is 0. The molecule has 0 amide bonds. The Bertz CT molecular complexity index is 601. The predicted octanol–water partition coefficient (Wildman–Crippen LogP) is -9.40. The number of carboxylic acids is 3. The Balaban J connectivity index is -0.000000150. The van der Waals surface area contributed by atoms with E-state index in [0.717, 1.165) is 0 Å². The fraction of sp³-hybridized carbons (Fsp3) is 0.462. The molecule has 18 heteroatoms. The largest absolute Gasteiger partial charge is 1.00 e. The van der Waals surface area contributed by atoms with E-state index >= 15 is 0 Å². The van der Waals surface area contributed by atoms with Crippen molar-refractivity contribution in [1.82, 2.24) is 0 Å². The molecule has 0 unspecified atom stereocenters. The number of hydrogen-bond donors (Lipinski definition) is 0. The van der Waals surface area contributed by atoms with Gasteiger partial charge in [-0.3, -0.25) is 0 Å². The molecule has 0 saturated heterocycles. The van der Waals surface area contributed by atoms with Gasteiger partial charge in [0, 0.05) is 12.8 Å². The first-order valence-electron chi connectivity index (χ1n) is 6.44. The molecule has 31 heavy (non-hydrogen) atoms. The molecule has 0 aliphatic rings. The number of carboxylic acid groups (broad SMARTS) is 3. The third kappa shape index (κ3) is 16.5. The van der Waals surface area contributed by atoms with Gasteiger partial charge in [0.15, 0.2) is 0 Å². The Kier molecular flexibility index (Phi) is 22.5. The van der Waals surface area contributed by atoms with E-state index in [1.807, 2.05) is 0 Å². The topological polar surface area (TPSA) is 120 Å². The van der Waals surface area contributed by atoms with Gasteiger partial charge in [-0.05, 0) is 12.2 Å². The number of halogens is 9. The molecule has 162 valence electrons. The molecule has 0 aliphatic heterocycles. The molecule has 0 aliphatic carbocycles. The maximum Gasteiger partial charge on any atom is 1.00 e. The minimum Gasteiger partial charge on any atom is -0.545 e. The van der Waals surface area contributed by atoms with Crippen molar-refractivity contribution in [1.29, 1.82) is 0 Å². The van der Waals surface area contributed by atoms with Crippen molar-refractivity contribution in [2.75, 3.05) is 0 Å². The molecule has 0 spiro atoms.